The highest BCUT2D eigenvalue weighted by Crippen LogP contribution is 2.23. The van der Waals surface area contributed by atoms with Crippen molar-refractivity contribution in [1.29, 1.82) is 0 Å². The van der Waals surface area contributed by atoms with E-state index in [0.29, 0.717) is 17.2 Å². The molecule has 8 heteroatoms. The van der Waals surface area contributed by atoms with E-state index in [1.54, 1.807) is 20.1 Å². The van der Waals surface area contributed by atoms with Gasteiger partial charge in [-0.15, -0.1) is 5.10 Å². The Morgan fingerprint density at radius 2 is 1.69 bits per heavy atom. The monoisotopic (exact) mass is 431 g/mol. The summed E-state index contributed by atoms with van der Waals surface area (Å²) in [6.07, 6.45) is 0. The fourth-order valence-corrected chi connectivity index (χ4v) is 3.91. The minimum Gasteiger partial charge on any atom is -0.497 e. The molecule has 2 aromatic carbocycles. The van der Waals surface area contributed by atoms with Gasteiger partial charge in [-0.2, -0.15) is 0 Å². The molecule has 0 bridgehead atoms. The third-order valence-corrected chi connectivity index (χ3v) is 5.36. The Balaban J connectivity index is 1.64. The number of fused-ring (bicyclic) bond motifs is 1. The molecule has 0 saturated carbocycles. The number of aryl methyl sites for hydroxylation is 4. The maximum Gasteiger partial charge on any atom is 0.352 e. The first-order chi connectivity index (χ1) is 15.3. The second-order valence-corrected chi connectivity index (χ2v) is 7.87. The Morgan fingerprint density at radius 1 is 1.03 bits per heavy atom. The van der Waals surface area contributed by atoms with E-state index in [1.807, 2.05) is 57.2 Å². The second-order valence-electron chi connectivity index (χ2n) is 7.87. The van der Waals surface area contributed by atoms with Crippen LogP contribution in [0.4, 0.5) is 5.69 Å². The summed E-state index contributed by atoms with van der Waals surface area (Å²) >= 11 is 0. The second kappa shape index (κ2) is 8.30. The Kier molecular flexibility index (Phi) is 5.52. The zero-order chi connectivity index (χ0) is 23.0. The fraction of sp³-hybridized carbons (Fsp3) is 0.250. The van der Waals surface area contributed by atoms with E-state index in [0.717, 1.165) is 38.4 Å². The fourth-order valence-electron chi connectivity index (χ4n) is 3.91. The van der Waals surface area contributed by atoms with E-state index >= 15 is 0 Å². The van der Waals surface area contributed by atoms with Crippen molar-refractivity contribution in [3.63, 3.8) is 0 Å². The molecule has 1 amide bonds. The van der Waals surface area contributed by atoms with Crippen molar-refractivity contribution in [1.82, 2.24) is 19.2 Å². The van der Waals surface area contributed by atoms with Crippen molar-refractivity contribution in [2.45, 2.75) is 34.2 Å². The predicted molar refractivity (Wildman–Crippen MR) is 123 cm³/mol. The SMILES string of the molecule is COc1ccc(-c2cc3nn(CC(=O)Nc4c(C)cc(C)cc4C)c(=O)n3c(C)n2)cc1. The van der Waals surface area contributed by atoms with Gasteiger partial charge >= 0.3 is 5.69 Å². The van der Waals surface area contributed by atoms with Crippen molar-refractivity contribution in [3.8, 4) is 17.0 Å². The lowest BCUT2D eigenvalue weighted by atomic mass is 10.1. The first-order valence-corrected chi connectivity index (χ1v) is 10.3. The molecule has 0 radical (unpaired) electrons. The standard InChI is InChI=1S/C24H25N5O3/c1-14-10-15(2)23(16(3)11-14)26-22(30)13-28-24(31)29-17(4)25-20(12-21(29)27-28)18-6-8-19(32-5)9-7-18/h6-12H,13H2,1-5H3,(H,26,30). The van der Waals surface area contributed by atoms with Gasteiger partial charge in [0.2, 0.25) is 5.91 Å². The number of nitrogens with one attached hydrogen (secondary N) is 1. The van der Waals surface area contributed by atoms with Crippen LogP contribution in [0.15, 0.2) is 47.3 Å². The summed E-state index contributed by atoms with van der Waals surface area (Å²) in [5.41, 5.74) is 5.43. The van der Waals surface area contributed by atoms with Crippen LogP contribution >= 0.6 is 0 Å². The quantitative estimate of drug-likeness (QED) is 0.523. The number of nitrogens with zero attached hydrogens (tertiary/aromatic N) is 4. The average Bonchev–Trinajstić information content (AvgIpc) is 3.06. The summed E-state index contributed by atoms with van der Waals surface area (Å²) in [7, 11) is 1.61. The Bertz CT molecular complexity index is 1360. The van der Waals surface area contributed by atoms with Crippen molar-refractivity contribution in [3.05, 3.63) is 75.5 Å². The molecule has 4 rings (SSSR count). The Hall–Kier alpha value is -3.94. The summed E-state index contributed by atoms with van der Waals surface area (Å²) in [5, 5.41) is 7.29. The summed E-state index contributed by atoms with van der Waals surface area (Å²) < 4.78 is 7.77. The smallest absolute Gasteiger partial charge is 0.352 e. The molecule has 1 N–H and O–H groups in total. The number of hydrogen-bond acceptors (Lipinski definition) is 5. The third kappa shape index (κ3) is 3.99. The summed E-state index contributed by atoms with van der Waals surface area (Å²) in [5.74, 6) is 0.929. The average molecular weight is 431 g/mol. The topological polar surface area (TPSA) is 90.5 Å². The number of ether oxygens (including phenoxy) is 1. The molecule has 4 aromatic rings. The van der Waals surface area contributed by atoms with Gasteiger partial charge < -0.3 is 10.1 Å². The maximum atomic E-state index is 12.9. The highest BCUT2D eigenvalue weighted by atomic mass is 16.5. The van der Waals surface area contributed by atoms with Crippen LogP contribution in [-0.2, 0) is 11.3 Å². The van der Waals surface area contributed by atoms with Crippen molar-refractivity contribution in [2.75, 3.05) is 12.4 Å². The first-order valence-electron chi connectivity index (χ1n) is 10.3. The largest absolute Gasteiger partial charge is 0.497 e. The van der Waals surface area contributed by atoms with E-state index in [-0.39, 0.29) is 12.5 Å². The number of methoxy groups -OCH3 is 1. The molecule has 0 atom stereocenters. The predicted octanol–water partition coefficient (Wildman–Crippen LogP) is 3.44. The van der Waals surface area contributed by atoms with Gasteiger partial charge in [-0.05, 0) is 63.1 Å². The molecule has 2 aromatic heterocycles. The van der Waals surface area contributed by atoms with Crippen LogP contribution in [0.2, 0.25) is 0 Å². The van der Waals surface area contributed by atoms with E-state index in [9.17, 15) is 9.59 Å². The number of carbonyl (C=O) groups excluding carboxylic acids is 1. The Labute approximate surface area is 185 Å². The lowest BCUT2D eigenvalue weighted by Gasteiger charge is -2.12. The van der Waals surface area contributed by atoms with Crippen LogP contribution in [0.25, 0.3) is 16.9 Å². The van der Waals surface area contributed by atoms with Crippen LogP contribution in [0.1, 0.15) is 22.5 Å². The van der Waals surface area contributed by atoms with E-state index in [4.69, 9.17) is 4.74 Å². The van der Waals surface area contributed by atoms with Crippen LogP contribution in [0, 0.1) is 27.7 Å². The zero-order valence-corrected chi connectivity index (χ0v) is 18.8. The number of aromatic nitrogens is 4. The number of rotatable bonds is 5. The van der Waals surface area contributed by atoms with Gasteiger partial charge in [0, 0.05) is 17.3 Å². The number of hydrogen-bond donors (Lipinski definition) is 1. The minimum absolute atomic E-state index is 0.190. The number of carbonyl (C=O) groups is 1. The number of anilines is 1. The molecule has 0 aliphatic rings. The molecule has 0 fully saturated rings. The molecule has 0 aliphatic carbocycles. The first kappa shape index (κ1) is 21.3. The minimum atomic E-state index is -0.404. The molecule has 2 heterocycles. The molecule has 8 nitrogen and oxygen atoms in total. The van der Waals surface area contributed by atoms with Gasteiger partial charge in [-0.25, -0.2) is 18.9 Å². The van der Waals surface area contributed by atoms with Gasteiger partial charge in [-0.3, -0.25) is 4.79 Å². The molecule has 0 saturated heterocycles. The Morgan fingerprint density at radius 3 is 2.31 bits per heavy atom. The van der Waals surface area contributed by atoms with Gasteiger partial charge in [-0.1, -0.05) is 17.7 Å². The molecule has 32 heavy (non-hydrogen) atoms. The summed E-state index contributed by atoms with van der Waals surface area (Å²) in [6.45, 7) is 7.46. The highest BCUT2D eigenvalue weighted by molar-refractivity contribution is 5.92. The molecule has 164 valence electrons. The lowest BCUT2D eigenvalue weighted by molar-refractivity contribution is -0.117. The van der Waals surface area contributed by atoms with E-state index in [2.05, 4.69) is 15.4 Å². The van der Waals surface area contributed by atoms with Crippen LogP contribution in [0.3, 0.4) is 0 Å². The van der Waals surface area contributed by atoms with Crippen LogP contribution < -0.4 is 15.7 Å². The molecule has 0 unspecified atom stereocenters. The molecule has 0 spiro atoms. The van der Waals surface area contributed by atoms with Crippen LogP contribution in [0.5, 0.6) is 5.75 Å². The van der Waals surface area contributed by atoms with Gasteiger partial charge in [0.15, 0.2) is 5.65 Å². The zero-order valence-electron chi connectivity index (χ0n) is 18.8. The lowest BCUT2D eigenvalue weighted by Crippen LogP contribution is -2.29. The van der Waals surface area contributed by atoms with Gasteiger partial charge in [0.1, 0.15) is 18.1 Å². The van der Waals surface area contributed by atoms with Crippen molar-refractivity contribution < 1.29 is 9.53 Å². The maximum absolute atomic E-state index is 12.9. The highest BCUT2D eigenvalue weighted by Gasteiger charge is 2.16. The van der Waals surface area contributed by atoms with Gasteiger partial charge in [0.05, 0.1) is 12.8 Å². The van der Waals surface area contributed by atoms with E-state index < -0.39 is 5.69 Å². The molecular formula is C24H25N5O3. The third-order valence-electron chi connectivity index (χ3n) is 5.36. The van der Waals surface area contributed by atoms with Gasteiger partial charge in [0.25, 0.3) is 0 Å². The molecule has 0 aliphatic heterocycles. The number of benzene rings is 2. The van der Waals surface area contributed by atoms with Crippen molar-refractivity contribution >= 4 is 17.2 Å². The normalized spacial score (nSPS) is 11.0. The number of amides is 1. The van der Waals surface area contributed by atoms with Crippen molar-refractivity contribution in [2.24, 2.45) is 0 Å². The molecular weight excluding hydrogens is 406 g/mol. The van der Waals surface area contributed by atoms with E-state index in [1.165, 1.54) is 4.40 Å². The van der Waals surface area contributed by atoms with Crippen LogP contribution in [-0.4, -0.2) is 32.2 Å². The summed E-state index contributed by atoms with van der Waals surface area (Å²) in [4.78, 5) is 30.1. The summed E-state index contributed by atoms with van der Waals surface area (Å²) in [6, 6.07) is 13.2.